The molecule has 0 saturated heterocycles. The number of phenolic OH excluding ortho intramolecular Hbond substituents is 1. The van der Waals surface area contributed by atoms with Gasteiger partial charge in [-0.3, -0.25) is 4.99 Å². The van der Waals surface area contributed by atoms with Gasteiger partial charge < -0.3 is 9.84 Å². The number of aliphatic imine (C=N–C) groups is 1. The SMILES string of the molecule is COc1ccc(N=Cc2c(O)cc(C)c(Cl)c2C)cc1Cl. The lowest BCUT2D eigenvalue weighted by Gasteiger charge is -2.09. The number of methoxy groups -OCH3 is 1. The van der Waals surface area contributed by atoms with Crippen molar-refractivity contribution in [1.82, 2.24) is 0 Å². The minimum atomic E-state index is 0.151. The molecule has 0 saturated carbocycles. The third kappa shape index (κ3) is 3.31. The molecule has 0 heterocycles. The summed E-state index contributed by atoms with van der Waals surface area (Å²) in [7, 11) is 1.56. The van der Waals surface area contributed by atoms with Gasteiger partial charge in [0, 0.05) is 16.8 Å². The fourth-order valence-corrected chi connectivity index (χ4v) is 2.40. The lowest BCUT2D eigenvalue weighted by atomic mass is 10.0. The maximum atomic E-state index is 10.0. The Kier molecular flexibility index (Phi) is 4.76. The van der Waals surface area contributed by atoms with E-state index in [0.717, 1.165) is 11.1 Å². The molecule has 0 aliphatic carbocycles. The molecule has 1 N–H and O–H groups in total. The predicted octanol–water partition coefficient (Wildman–Crippen LogP) is 5.08. The van der Waals surface area contributed by atoms with Gasteiger partial charge in [0.15, 0.2) is 0 Å². The van der Waals surface area contributed by atoms with Crippen molar-refractivity contribution in [2.75, 3.05) is 7.11 Å². The van der Waals surface area contributed by atoms with E-state index in [9.17, 15) is 5.11 Å². The Balaban J connectivity index is 2.38. The normalized spacial score (nSPS) is 11.1. The molecule has 110 valence electrons. The van der Waals surface area contributed by atoms with E-state index in [0.29, 0.717) is 27.0 Å². The number of rotatable bonds is 3. The average Bonchev–Trinajstić information content (AvgIpc) is 2.45. The summed E-state index contributed by atoms with van der Waals surface area (Å²) in [6.07, 6.45) is 1.58. The first kappa shape index (κ1) is 15.7. The van der Waals surface area contributed by atoms with Gasteiger partial charge in [-0.25, -0.2) is 0 Å². The Morgan fingerprint density at radius 3 is 2.52 bits per heavy atom. The molecular formula is C16H15Cl2NO2. The van der Waals surface area contributed by atoms with E-state index in [1.54, 1.807) is 37.6 Å². The summed E-state index contributed by atoms with van der Waals surface area (Å²) in [5, 5.41) is 11.1. The number of nitrogens with zero attached hydrogens (tertiary/aromatic N) is 1. The van der Waals surface area contributed by atoms with Gasteiger partial charge in [0.25, 0.3) is 0 Å². The summed E-state index contributed by atoms with van der Waals surface area (Å²) in [5.74, 6) is 0.741. The van der Waals surface area contributed by atoms with Crippen LogP contribution in [-0.2, 0) is 0 Å². The van der Waals surface area contributed by atoms with Gasteiger partial charge in [-0.2, -0.15) is 0 Å². The van der Waals surface area contributed by atoms with Gasteiger partial charge in [0.05, 0.1) is 17.8 Å². The van der Waals surface area contributed by atoms with Crippen LogP contribution in [0.4, 0.5) is 5.69 Å². The summed E-state index contributed by atoms with van der Waals surface area (Å²) >= 11 is 12.2. The monoisotopic (exact) mass is 323 g/mol. The van der Waals surface area contributed by atoms with Crippen molar-refractivity contribution in [1.29, 1.82) is 0 Å². The molecule has 0 aromatic heterocycles. The second kappa shape index (κ2) is 6.37. The van der Waals surface area contributed by atoms with E-state index in [4.69, 9.17) is 27.9 Å². The highest BCUT2D eigenvalue weighted by atomic mass is 35.5. The third-order valence-electron chi connectivity index (χ3n) is 3.19. The summed E-state index contributed by atoms with van der Waals surface area (Å²) in [5.41, 5.74) is 2.88. The van der Waals surface area contributed by atoms with Crippen molar-refractivity contribution < 1.29 is 9.84 Å². The van der Waals surface area contributed by atoms with Gasteiger partial charge in [0.1, 0.15) is 11.5 Å². The molecule has 3 nitrogen and oxygen atoms in total. The van der Waals surface area contributed by atoms with Crippen LogP contribution in [0.15, 0.2) is 29.3 Å². The zero-order chi connectivity index (χ0) is 15.6. The van der Waals surface area contributed by atoms with Crippen molar-refractivity contribution >= 4 is 35.1 Å². The number of phenols is 1. The Bertz CT molecular complexity index is 712. The molecule has 2 aromatic rings. The summed E-state index contributed by atoms with van der Waals surface area (Å²) in [4.78, 5) is 4.32. The smallest absolute Gasteiger partial charge is 0.137 e. The van der Waals surface area contributed by atoms with Crippen LogP contribution < -0.4 is 4.74 Å². The predicted molar refractivity (Wildman–Crippen MR) is 87.8 cm³/mol. The largest absolute Gasteiger partial charge is 0.507 e. The van der Waals surface area contributed by atoms with E-state index in [-0.39, 0.29) is 5.75 Å². The molecule has 0 aliphatic rings. The fourth-order valence-electron chi connectivity index (χ4n) is 1.99. The van der Waals surface area contributed by atoms with Gasteiger partial charge in [-0.15, -0.1) is 0 Å². The van der Waals surface area contributed by atoms with Crippen molar-refractivity contribution in [3.63, 3.8) is 0 Å². The molecule has 0 aliphatic heterocycles. The summed E-state index contributed by atoms with van der Waals surface area (Å²) in [6, 6.07) is 6.84. The molecule has 0 fully saturated rings. The summed E-state index contributed by atoms with van der Waals surface area (Å²) in [6.45, 7) is 3.69. The van der Waals surface area contributed by atoms with Crippen LogP contribution in [0.25, 0.3) is 0 Å². The van der Waals surface area contributed by atoms with E-state index in [1.807, 2.05) is 13.8 Å². The van der Waals surface area contributed by atoms with Crippen LogP contribution in [-0.4, -0.2) is 18.4 Å². The second-order valence-corrected chi connectivity index (χ2v) is 5.43. The molecule has 0 atom stereocenters. The first-order chi connectivity index (χ1) is 9.93. The molecule has 2 aromatic carbocycles. The van der Waals surface area contributed by atoms with Crippen molar-refractivity contribution in [2.45, 2.75) is 13.8 Å². The topological polar surface area (TPSA) is 41.8 Å². The van der Waals surface area contributed by atoms with Crippen LogP contribution in [0.3, 0.4) is 0 Å². The number of benzene rings is 2. The first-order valence-electron chi connectivity index (χ1n) is 6.30. The van der Waals surface area contributed by atoms with E-state index >= 15 is 0 Å². The highest BCUT2D eigenvalue weighted by Crippen LogP contribution is 2.31. The number of ether oxygens (including phenoxy) is 1. The highest BCUT2D eigenvalue weighted by Gasteiger charge is 2.09. The summed E-state index contributed by atoms with van der Waals surface area (Å²) < 4.78 is 5.09. The van der Waals surface area contributed by atoms with Crippen molar-refractivity contribution in [3.05, 3.63) is 51.0 Å². The molecule has 0 spiro atoms. The minimum Gasteiger partial charge on any atom is -0.507 e. The molecule has 0 amide bonds. The molecule has 0 bridgehead atoms. The number of hydrogen-bond acceptors (Lipinski definition) is 3. The van der Waals surface area contributed by atoms with Gasteiger partial charge >= 0.3 is 0 Å². The van der Waals surface area contributed by atoms with Crippen LogP contribution in [0.1, 0.15) is 16.7 Å². The van der Waals surface area contributed by atoms with Gasteiger partial charge in [-0.1, -0.05) is 23.2 Å². The maximum absolute atomic E-state index is 10.0. The van der Waals surface area contributed by atoms with Crippen LogP contribution in [0.2, 0.25) is 10.0 Å². The zero-order valence-corrected chi connectivity index (χ0v) is 13.5. The standard InChI is InChI=1S/C16H15Cl2NO2/c1-9-6-14(20)12(10(2)16(9)18)8-19-11-4-5-15(21-3)13(17)7-11/h4-8,20H,1-3H3. The number of aromatic hydroxyl groups is 1. The van der Waals surface area contributed by atoms with Crippen molar-refractivity contribution in [2.24, 2.45) is 4.99 Å². The number of halogens is 2. The van der Waals surface area contributed by atoms with Gasteiger partial charge in [0.2, 0.25) is 0 Å². The van der Waals surface area contributed by atoms with E-state index < -0.39 is 0 Å². The quantitative estimate of drug-likeness (QED) is 0.801. The number of aryl methyl sites for hydroxylation is 1. The Labute approximate surface area is 133 Å². The zero-order valence-electron chi connectivity index (χ0n) is 11.9. The molecule has 0 radical (unpaired) electrons. The number of hydrogen-bond donors (Lipinski definition) is 1. The fraction of sp³-hybridized carbons (Fsp3) is 0.188. The van der Waals surface area contributed by atoms with E-state index in [1.165, 1.54) is 0 Å². The third-order valence-corrected chi connectivity index (χ3v) is 4.06. The van der Waals surface area contributed by atoms with Crippen LogP contribution in [0, 0.1) is 13.8 Å². The molecular weight excluding hydrogens is 309 g/mol. The molecule has 2 rings (SSSR count). The van der Waals surface area contributed by atoms with Crippen LogP contribution in [0.5, 0.6) is 11.5 Å². The molecule has 0 unspecified atom stereocenters. The second-order valence-electron chi connectivity index (χ2n) is 4.64. The highest BCUT2D eigenvalue weighted by molar-refractivity contribution is 6.33. The lowest BCUT2D eigenvalue weighted by molar-refractivity contribution is 0.415. The van der Waals surface area contributed by atoms with E-state index in [2.05, 4.69) is 4.99 Å². The average molecular weight is 324 g/mol. The Hall–Kier alpha value is -1.71. The maximum Gasteiger partial charge on any atom is 0.137 e. The Morgan fingerprint density at radius 2 is 1.90 bits per heavy atom. The lowest BCUT2D eigenvalue weighted by Crippen LogP contribution is -1.92. The molecule has 5 heteroatoms. The molecule has 21 heavy (non-hydrogen) atoms. The minimum absolute atomic E-state index is 0.151. The Morgan fingerprint density at radius 1 is 1.19 bits per heavy atom. The van der Waals surface area contributed by atoms with Crippen LogP contribution >= 0.6 is 23.2 Å². The van der Waals surface area contributed by atoms with Gasteiger partial charge in [-0.05, 0) is 49.2 Å². The first-order valence-corrected chi connectivity index (χ1v) is 7.06. The van der Waals surface area contributed by atoms with Crippen molar-refractivity contribution in [3.8, 4) is 11.5 Å².